The van der Waals surface area contributed by atoms with E-state index in [9.17, 15) is 0 Å². The van der Waals surface area contributed by atoms with Gasteiger partial charge in [-0.25, -0.2) is 0 Å². The summed E-state index contributed by atoms with van der Waals surface area (Å²) in [5.74, 6) is 3.62. The minimum Gasteiger partial charge on any atom is -1.00 e. The Morgan fingerprint density at radius 1 is 1.31 bits per heavy atom. The molecule has 3 heteroatoms. The molecule has 88 valence electrons. The lowest BCUT2D eigenvalue weighted by Crippen LogP contribution is -3.00. The van der Waals surface area contributed by atoms with Crippen molar-refractivity contribution in [2.45, 2.75) is 19.4 Å². The minimum atomic E-state index is 0. The summed E-state index contributed by atoms with van der Waals surface area (Å²) in [6, 6.07) is 3.96. The van der Waals surface area contributed by atoms with Crippen LogP contribution in [0.15, 0.2) is 35.0 Å². The van der Waals surface area contributed by atoms with Crippen molar-refractivity contribution < 1.29 is 16.8 Å². The summed E-state index contributed by atoms with van der Waals surface area (Å²) >= 11 is 0. The van der Waals surface area contributed by atoms with E-state index in [1.807, 2.05) is 12.1 Å². The quantitative estimate of drug-likeness (QED) is 0.722. The molecule has 2 nitrogen and oxygen atoms in total. The molecule has 3 rings (SSSR count). The maximum atomic E-state index is 5.28. The van der Waals surface area contributed by atoms with Gasteiger partial charge in [-0.1, -0.05) is 12.2 Å². The predicted octanol–water partition coefficient (Wildman–Crippen LogP) is -0.415. The maximum Gasteiger partial charge on any atom is 0.117 e. The Kier molecular flexibility index (Phi) is 3.72. The lowest BCUT2D eigenvalue weighted by molar-refractivity contribution is -0.00000359. The fourth-order valence-electron chi connectivity index (χ4n) is 2.92. The first-order valence-electron chi connectivity index (χ1n) is 5.83. The Bertz CT molecular complexity index is 347. The standard InChI is InChI=1S/C13H17NO.ClH/c1-2-13(15-5-1)9-14-8-12-7-10-3-4-11(12)6-10;/h1-5,10-12,14H,6-9H2;1H/p-1. The molecule has 0 saturated heterocycles. The van der Waals surface area contributed by atoms with Crippen LogP contribution in [0, 0.1) is 17.8 Å². The Balaban J connectivity index is 0.000000963. The van der Waals surface area contributed by atoms with Gasteiger partial charge >= 0.3 is 0 Å². The average molecular weight is 239 g/mol. The summed E-state index contributed by atoms with van der Waals surface area (Å²) in [6.07, 6.45) is 9.32. The van der Waals surface area contributed by atoms with Crippen LogP contribution in [0.1, 0.15) is 18.6 Å². The molecular formula is C13H17ClNO-. The van der Waals surface area contributed by atoms with Crippen molar-refractivity contribution in [1.82, 2.24) is 5.32 Å². The zero-order valence-corrected chi connectivity index (χ0v) is 9.99. The molecular weight excluding hydrogens is 222 g/mol. The van der Waals surface area contributed by atoms with Crippen LogP contribution in [0.5, 0.6) is 0 Å². The highest BCUT2D eigenvalue weighted by molar-refractivity contribution is 5.10. The van der Waals surface area contributed by atoms with Gasteiger partial charge in [-0.05, 0) is 49.3 Å². The van der Waals surface area contributed by atoms with Gasteiger partial charge in [0.2, 0.25) is 0 Å². The highest BCUT2D eigenvalue weighted by Gasteiger charge is 2.34. The van der Waals surface area contributed by atoms with Gasteiger partial charge in [-0.3, -0.25) is 0 Å². The van der Waals surface area contributed by atoms with E-state index in [0.717, 1.165) is 36.6 Å². The summed E-state index contributed by atoms with van der Waals surface area (Å²) in [7, 11) is 0. The number of fused-ring (bicyclic) bond motifs is 2. The molecule has 3 atom stereocenters. The Morgan fingerprint density at radius 2 is 2.25 bits per heavy atom. The number of furan rings is 1. The summed E-state index contributed by atoms with van der Waals surface area (Å²) in [5.41, 5.74) is 0. The number of hydrogen-bond donors (Lipinski definition) is 1. The molecule has 0 amide bonds. The molecule has 2 aliphatic rings. The summed E-state index contributed by atoms with van der Waals surface area (Å²) in [4.78, 5) is 0. The monoisotopic (exact) mass is 238 g/mol. The molecule has 0 aliphatic heterocycles. The number of rotatable bonds is 4. The van der Waals surface area contributed by atoms with Crippen molar-refractivity contribution in [2.24, 2.45) is 17.8 Å². The predicted molar refractivity (Wildman–Crippen MR) is 59.3 cm³/mol. The molecule has 1 heterocycles. The first kappa shape index (κ1) is 11.7. The van der Waals surface area contributed by atoms with E-state index in [1.165, 1.54) is 12.8 Å². The topological polar surface area (TPSA) is 25.2 Å². The van der Waals surface area contributed by atoms with Crippen molar-refractivity contribution in [3.05, 3.63) is 36.3 Å². The maximum absolute atomic E-state index is 5.28. The van der Waals surface area contributed by atoms with Crippen LogP contribution in [0.3, 0.4) is 0 Å². The van der Waals surface area contributed by atoms with E-state index in [2.05, 4.69) is 17.5 Å². The number of halogens is 1. The largest absolute Gasteiger partial charge is 1.00 e. The van der Waals surface area contributed by atoms with Gasteiger partial charge in [0.25, 0.3) is 0 Å². The molecule has 2 bridgehead atoms. The van der Waals surface area contributed by atoms with Crippen molar-refractivity contribution in [3.8, 4) is 0 Å². The molecule has 1 aromatic rings. The lowest BCUT2D eigenvalue weighted by Gasteiger charge is -2.17. The van der Waals surface area contributed by atoms with Crippen molar-refractivity contribution in [2.75, 3.05) is 6.54 Å². The SMILES string of the molecule is C1=CC2CC1CC2CNCc1ccco1.[Cl-]. The van der Waals surface area contributed by atoms with Gasteiger partial charge in [0, 0.05) is 0 Å². The molecule has 1 N–H and O–H groups in total. The second-order valence-electron chi connectivity index (χ2n) is 4.75. The number of nitrogens with one attached hydrogen (secondary N) is 1. The third-order valence-corrected chi connectivity index (χ3v) is 3.70. The molecule has 16 heavy (non-hydrogen) atoms. The van der Waals surface area contributed by atoms with Gasteiger partial charge in [0.15, 0.2) is 0 Å². The van der Waals surface area contributed by atoms with Crippen molar-refractivity contribution in [3.63, 3.8) is 0 Å². The lowest BCUT2D eigenvalue weighted by atomic mass is 9.94. The first-order chi connectivity index (χ1) is 7.42. The number of hydrogen-bond acceptors (Lipinski definition) is 2. The van der Waals surface area contributed by atoms with Crippen LogP contribution < -0.4 is 17.7 Å². The van der Waals surface area contributed by atoms with Crippen LogP contribution in [0.4, 0.5) is 0 Å². The molecule has 1 fully saturated rings. The van der Waals surface area contributed by atoms with E-state index in [-0.39, 0.29) is 12.4 Å². The van der Waals surface area contributed by atoms with E-state index in [1.54, 1.807) is 6.26 Å². The molecule has 0 radical (unpaired) electrons. The van der Waals surface area contributed by atoms with E-state index < -0.39 is 0 Å². The van der Waals surface area contributed by atoms with Gasteiger partial charge in [0.1, 0.15) is 5.76 Å². The fraction of sp³-hybridized carbons (Fsp3) is 0.538. The van der Waals surface area contributed by atoms with E-state index in [4.69, 9.17) is 4.42 Å². The van der Waals surface area contributed by atoms with Gasteiger partial charge in [0.05, 0.1) is 12.8 Å². The number of allylic oxidation sites excluding steroid dienone is 2. The average Bonchev–Trinajstić information content (AvgIpc) is 2.93. The van der Waals surface area contributed by atoms with Crippen LogP contribution >= 0.6 is 0 Å². The molecule has 3 unspecified atom stereocenters. The smallest absolute Gasteiger partial charge is 0.117 e. The minimum absolute atomic E-state index is 0. The zero-order valence-electron chi connectivity index (χ0n) is 9.23. The van der Waals surface area contributed by atoms with Gasteiger partial charge in [-0.15, -0.1) is 0 Å². The first-order valence-corrected chi connectivity index (χ1v) is 5.83. The van der Waals surface area contributed by atoms with Crippen LogP contribution in [0.25, 0.3) is 0 Å². The Morgan fingerprint density at radius 3 is 2.88 bits per heavy atom. The Labute approximate surface area is 103 Å². The summed E-state index contributed by atoms with van der Waals surface area (Å²) in [5, 5.41) is 3.49. The van der Waals surface area contributed by atoms with Crippen molar-refractivity contribution in [1.29, 1.82) is 0 Å². The van der Waals surface area contributed by atoms with Crippen LogP contribution in [-0.2, 0) is 6.54 Å². The van der Waals surface area contributed by atoms with Gasteiger partial charge in [-0.2, -0.15) is 0 Å². The summed E-state index contributed by atoms with van der Waals surface area (Å²) < 4.78 is 5.28. The molecule has 0 aromatic carbocycles. The summed E-state index contributed by atoms with van der Waals surface area (Å²) in [6.45, 7) is 2.00. The van der Waals surface area contributed by atoms with Crippen LogP contribution in [-0.4, -0.2) is 6.54 Å². The van der Waals surface area contributed by atoms with Gasteiger partial charge < -0.3 is 22.1 Å². The second-order valence-corrected chi connectivity index (χ2v) is 4.75. The molecule has 2 aliphatic carbocycles. The second kappa shape index (κ2) is 5.07. The Hall–Kier alpha value is -0.730. The van der Waals surface area contributed by atoms with Crippen LogP contribution in [0.2, 0.25) is 0 Å². The third kappa shape index (κ3) is 2.33. The third-order valence-electron chi connectivity index (χ3n) is 3.70. The fourth-order valence-corrected chi connectivity index (χ4v) is 2.92. The normalized spacial score (nSPS) is 30.6. The highest BCUT2D eigenvalue weighted by Crippen LogP contribution is 2.42. The molecule has 1 aromatic heterocycles. The van der Waals surface area contributed by atoms with E-state index >= 15 is 0 Å². The van der Waals surface area contributed by atoms with E-state index in [0.29, 0.717) is 0 Å². The molecule has 0 spiro atoms. The molecule has 1 saturated carbocycles. The highest BCUT2D eigenvalue weighted by atomic mass is 35.5. The van der Waals surface area contributed by atoms with Crippen molar-refractivity contribution >= 4 is 0 Å². The zero-order chi connectivity index (χ0) is 10.1.